The predicted octanol–water partition coefficient (Wildman–Crippen LogP) is 4.21. The molecule has 0 aliphatic carbocycles. The Kier molecular flexibility index (Phi) is 6.44. The van der Waals surface area contributed by atoms with Gasteiger partial charge in [0.25, 0.3) is 5.91 Å². The van der Waals surface area contributed by atoms with E-state index in [2.05, 4.69) is 27.7 Å². The Hall–Kier alpha value is -2.83. The second-order valence-electron chi connectivity index (χ2n) is 7.04. The predicted molar refractivity (Wildman–Crippen MR) is 118 cm³/mol. The standard InChI is InChI=1S/C23H25N3O2S/c27-23(26-14-12-25(13-15-26)17-22-7-4-16-29-22)18-28-21-10-8-20(9-11-21)24-19-5-2-1-3-6-19/h1-11,16,24H,12-15,17-18H2. The van der Waals surface area contributed by atoms with E-state index in [-0.39, 0.29) is 12.5 Å². The third-order valence-corrected chi connectivity index (χ3v) is 5.82. The molecule has 1 N–H and O–H groups in total. The summed E-state index contributed by atoms with van der Waals surface area (Å²) in [7, 11) is 0. The molecule has 1 saturated heterocycles. The van der Waals surface area contributed by atoms with Gasteiger partial charge in [0.2, 0.25) is 0 Å². The number of ether oxygens (including phenoxy) is 1. The third-order valence-electron chi connectivity index (χ3n) is 4.96. The van der Waals surface area contributed by atoms with E-state index >= 15 is 0 Å². The molecular formula is C23H25N3O2S. The van der Waals surface area contributed by atoms with Crippen molar-refractivity contribution in [2.75, 3.05) is 38.1 Å². The van der Waals surface area contributed by atoms with Gasteiger partial charge in [-0.05, 0) is 47.8 Å². The van der Waals surface area contributed by atoms with Gasteiger partial charge in [0, 0.05) is 49.0 Å². The summed E-state index contributed by atoms with van der Waals surface area (Å²) in [4.78, 5) is 18.1. The number of hydrogen-bond acceptors (Lipinski definition) is 5. The Morgan fingerprint density at radius 1 is 0.897 bits per heavy atom. The molecule has 0 bridgehead atoms. The molecule has 1 aromatic heterocycles. The van der Waals surface area contributed by atoms with E-state index in [0.717, 1.165) is 44.1 Å². The SMILES string of the molecule is O=C(COc1ccc(Nc2ccccc2)cc1)N1CCN(Cc2cccs2)CC1. The first-order valence-electron chi connectivity index (χ1n) is 9.84. The van der Waals surface area contributed by atoms with Crippen molar-refractivity contribution in [3.05, 3.63) is 77.0 Å². The van der Waals surface area contributed by atoms with E-state index in [1.165, 1.54) is 4.88 Å². The highest BCUT2D eigenvalue weighted by atomic mass is 32.1. The number of amides is 1. The zero-order chi connectivity index (χ0) is 19.9. The number of thiophene rings is 1. The van der Waals surface area contributed by atoms with Crippen LogP contribution in [0.5, 0.6) is 5.75 Å². The van der Waals surface area contributed by atoms with E-state index in [4.69, 9.17) is 4.74 Å². The van der Waals surface area contributed by atoms with Crippen LogP contribution in [0.1, 0.15) is 4.88 Å². The molecule has 6 heteroatoms. The molecule has 1 aliphatic rings. The maximum Gasteiger partial charge on any atom is 0.260 e. The molecule has 2 heterocycles. The lowest BCUT2D eigenvalue weighted by Gasteiger charge is -2.34. The number of piperazine rings is 1. The van der Waals surface area contributed by atoms with Crippen molar-refractivity contribution in [1.82, 2.24) is 9.80 Å². The van der Waals surface area contributed by atoms with Crippen molar-refractivity contribution in [2.24, 2.45) is 0 Å². The first kappa shape index (κ1) is 19.5. The van der Waals surface area contributed by atoms with E-state index < -0.39 is 0 Å². The summed E-state index contributed by atoms with van der Waals surface area (Å²) in [6.45, 7) is 4.38. The monoisotopic (exact) mass is 407 g/mol. The molecule has 1 aliphatic heterocycles. The van der Waals surface area contributed by atoms with Gasteiger partial charge in [-0.1, -0.05) is 24.3 Å². The summed E-state index contributed by atoms with van der Waals surface area (Å²) in [5.41, 5.74) is 2.02. The van der Waals surface area contributed by atoms with Gasteiger partial charge in [0.15, 0.2) is 6.61 Å². The van der Waals surface area contributed by atoms with Gasteiger partial charge >= 0.3 is 0 Å². The quantitative estimate of drug-likeness (QED) is 0.637. The lowest BCUT2D eigenvalue weighted by atomic mass is 10.2. The smallest absolute Gasteiger partial charge is 0.260 e. The summed E-state index contributed by atoms with van der Waals surface area (Å²) in [5, 5.41) is 5.44. The van der Waals surface area contributed by atoms with Crippen LogP contribution in [-0.4, -0.2) is 48.5 Å². The van der Waals surface area contributed by atoms with Crippen molar-refractivity contribution < 1.29 is 9.53 Å². The van der Waals surface area contributed by atoms with Gasteiger partial charge in [0.05, 0.1) is 0 Å². The number of anilines is 2. The summed E-state index contributed by atoms with van der Waals surface area (Å²) in [5.74, 6) is 0.751. The Morgan fingerprint density at radius 2 is 1.62 bits per heavy atom. The van der Waals surface area contributed by atoms with E-state index in [0.29, 0.717) is 5.75 Å². The molecule has 0 atom stereocenters. The minimum Gasteiger partial charge on any atom is -0.484 e. The molecule has 1 amide bonds. The molecule has 5 nitrogen and oxygen atoms in total. The van der Waals surface area contributed by atoms with Gasteiger partial charge in [0.1, 0.15) is 5.75 Å². The van der Waals surface area contributed by atoms with Gasteiger partial charge < -0.3 is 15.0 Å². The normalized spacial score (nSPS) is 14.6. The maximum absolute atomic E-state index is 12.5. The summed E-state index contributed by atoms with van der Waals surface area (Å²) in [6, 6.07) is 21.9. The number of carbonyl (C=O) groups is 1. The fraction of sp³-hybridized carbons (Fsp3) is 0.261. The topological polar surface area (TPSA) is 44.8 Å². The van der Waals surface area contributed by atoms with Crippen molar-refractivity contribution in [2.45, 2.75) is 6.54 Å². The van der Waals surface area contributed by atoms with Crippen LogP contribution in [0.15, 0.2) is 72.1 Å². The molecule has 1 fully saturated rings. The zero-order valence-corrected chi connectivity index (χ0v) is 17.1. The average Bonchev–Trinajstić information content (AvgIpc) is 3.27. The molecule has 0 saturated carbocycles. The molecule has 0 spiro atoms. The van der Waals surface area contributed by atoms with Crippen LogP contribution in [0.4, 0.5) is 11.4 Å². The lowest BCUT2D eigenvalue weighted by molar-refractivity contribution is -0.135. The number of rotatable bonds is 7. The van der Waals surface area contributed by atoms with E-state index in [1.54, 1.807) is 11.3 Å². The molecule has 150 valence electrons. The molecular weight excluding hydrogens is 382 g/mol. The van der Waals surface area contributed by atoms with E-state index in [9.17, 15) is 4.79 Å². The number of hydrogen-bond donors (Lipinski definition) is 1. The maximum atomic E-state index is 12.5. The highest BCUT2D eigenvalue weighted by Gasteiger charge is 2.21. The summed E-state index contributed by atoms with van der Waals surface area (Å²) >= 11 is 1.78. The summed E-state index contributed by atoms with van der Waals surface area (Å²) in [6.07, 6.45) is 0. The molecule has 0 radical (unpaired) electrons. The fourth-order valence-corrected chi connectivity index (χ4v) is 4.08. The van der Waals surface area contributed by atoms with E-state index in [1.807, 2.05) is 59.5 Å². The first-order valence-corrected chi connectivity index (χ1v) is 10.7. The molecule has 3 aromatic rings. The Balaban J connectivity index is 1.20. The molecule has 2 aromatic carbocycles. The second kappa shape index (κ2) is 9.58. The second-order valence-corrected chi connectivity index (χ2v) is 8.07. The average molecular weight is 408 g/mol. The number of nitrogens with one attached hydrogen (secondary N) is 1. The largest absolute Gasteiger partial charge is 0.484 e. The van der Waals surface area contributed by atoms with Crippen molar-refractivity contribution in [3.63, 3.8) is 0 Å². The minimum atomic E-state index is 0.0484. The van der Waals surface area contributed by atoms with Crippen molar-refractivity contribution in [3.8, 4) is 5.75 Å². The van der Waals surface area contributed by atoms with Gasteiger partial charge in [-0.2, -0.15) is 0 Å². The molecule has 29 heavy (non-hydrogen) atoms. The van der Waals surface area contributed by atoms with Crippen LogP contribution in [0.3, 0.4) is 0 Å². The third kappa shape index (κ3) is 5.59. The van der Waals surface area contributed by atoms with Crippen LogP contribution < -0.4 is 10.1 Å². The highest BCUT2D eigenvalue weighted by Crippen LogP contribution is 2.20. The van der Waals surface area contributed by atoms with Gasteiger partial charge in [-0.15, -0.1) is 11.3 Å². The van der Waals surface area contributed by atoms with Crippen LogP contribution in [0.2, 0.25) is 0 Å². The number of para-hydroxylation sites is 1. The van der Waals surface area contributed by atoms with Crippen LogP contribution in [0, 0.1) is 0 Å². The minimum absolute atomic E-state index is 0.0484. The highest BCUT2D eigenvalue weighted by molar-refractivity contribution is 7.09. The van der Waals surface area contributed by atoms with Crippen LogP contribution in [-0.2, 0) is 11.3 Å². The lowest BCUT2D eigenvalue weighted by Crippen LogP contribution is -2.49. The van der Waals surface area contributed by atoms with Crippen molar-refractivity contribution in [1.29, 1.82) is 0 Å². The summed E-state index contributed by atoms with van der Waals surface area (Å²) < 4.78 is 5.71. The van der Waals surface area contributed by atoms with Crippen LogP contribution in [0.25, 0.3) is 0 Å². The van der Waals surface area contributed by atoms with Crippen molar-refractivity contribution >= 4 is 28.6 Å². The fourth-order valence-electron chi connectivity index (χ4n) is 3.34. The molecule has 0 unspecified atom stereocenters. The Labute approximate surface area is 175 Å². The zero-order valence-electron chi connectivity index (χ0n) is 16.3. The Bertz CT molecular complexity index is 890. The van der Waals surface area contributed by atoms with Crippen LogP contribution >= 0.6 is 11.3 Å². The van der Waals surface area contributed by atoms with Gasteiger partial charge in [-0.3, -0.25) is 9.69 Å². The Morgan fingerprint density at radius 3 is 2.31 bits per heavy atom. The number of nitrogens with zero attached hydrogens (tertiary/aromatic N) is 2. The molecule has 4 rings (SSSR count). The van der Waals surface area contributed by atoms with Gasteiger partial charge in [-0.25, -0.2) is 0 Å². The number of benzene rings is 2. The first-order chi connectivity index (χ1) is 14.3. The number of carbonyl (C=O) groups excluding carboxylic acids is 1.